The first-order valence-electron chi connectivity index (χ1n) is 8.51. The molecule has 0 aromatic rings. The minimum atomic E-state index is -0.857. The van der Waals surface area contributed by atoms with Gasteiger partial charge in [0.2, 0.25) is 0 Å². The van der Waals surface area contributed by atoms with Crippen LogP contribution in [0.15, 0.2) is 0 Å². The standard InChI is InChI=1S/C16H29N3O4/c1-12-4-3-5-13(8-12)17-16(22)19-6-7-23-14(10-19)9-18(2)11-15(20)21/h12-14H,3-11H2,1-2H3,(H,17,22)(H,20,21). The fraction of sp³-hybridized carbons (Fsp3) is 0.875. The maximum atomic E-state index is 12.4. The van der Waals surface area contributed by atoms with Gasteiger partial charge in [0.05, 0.1) is 19.3 Å². The predicted molar refractivity (Wildman–Crippen MR) is 86.4 cm³/mol. The molecule has 0 aromatic carbocycles. The van der Waals surface area contributed by atoms with Crippen LogP contribution in [-0.2, 0) is 9.53 Å². The molecule has 3 unspecified atom stereocenters. The fourth-order valence-corrected chi connectivity index (χ4v) is 3.49. The third-order valence-corrected chi connectivity index (χ3v) is 4.61. The Bertz CT molecular complexity index is 418. The molecule has 23 heavy (non-hydrogen) atoms. The number of hydrogen-bond donors (Lipinski definition) is 2. The second-order valence-electron chi connectivity index (χ2n) is 6.95. The van der Waals surface area contributed by atoms with Crippen LogP contribution < -0.4 is 5.32 Å². The zero-order chi connectivity index (χ0) is 16.8. The second kappa shape index (κ2) is 8.49. The van der Waals surface area contributed by atoms with E-state index in [0.29, 0.717) is 32.2 Å². The number of rotatable bonds is 5. The normalized spacial score (nSPS) is 28.7. The average molecular weight is 327 g/mol. The minimum Gasteiger partial charge on any atom is -0.480 e. The molecular weight excluding hydrogens is 298 g/mol. The summed E-state index contributed by atoms with van der Waals surface area (Å²) in [5.74, 6) is -0.180. The van der Waals surface area contributed by atoms with Gasteiger partial charge in [0.25, 0.3) is 0 Å². The van der Waals surface area contributed by atoms with E-state index in [9.17, 15) is 9.59 Å². The van der Waals surface area contributed by atoms with Crippen molar-refractivity contribution in [3.05, 3.63) is 0 Å². The summed E-state index contributed by atoms with van der Waals surface area (Å²) in [5.41, 5.74) is 0. The number of carbonyl (C=O) groups excluding carboxylic acids is 1. The molecule has 1 aliphatic carbocycles. The maximum absolute atomic E-state index is 12.4. The zero-order valence-electron chi connectivity index (χ0n) is 14.2. The summed E-state index contributed by atoms with van der Waals surface area (Å²) in [4.78, 5) is 26.6. The van der Waals surface area contributed by atoms with Gasteiger partial charge in [0.1, 0.15) is 0 Å². The number of morpholine rings is 1. The summed E-state index contributed by atoms with van der Waals surface area (Å²) in [6, 6.07) is 0.264. The quantitative estimate of drug-likeness (QED) is 0.787. The number of carbonyl (C=O) groups is 2. The lowest BCUT2D eigenvalue weighted by Crippen LogP contribution is -2.54. The SMILES string of the molecule is CC1CCCC(NC(=O)N2CCOC(CN(C)CC(=O)O)C2)C1. The Balaban J connectivity index is 1.78. The van der Waals surface area contributed by atoms with Crippen molar-refractivity contribution >= 4 is 12.0 Å². The van der Waals surface area contributed by atoms with E-state index >= 15 is 0 Å². The number of aliphatic carboxylic acids is 1. The summed E-state index contributed by atoms with van der Waals surface area (Å²) in [7, 11) is 1.75. The van der Waals surface area contributed by atoms with E-state index in [-0.39, 0.29) is 24.7 Å². The molecule has 0 radical (unpaired) electrons. The number of nitrogens with zero attached hydrogens (tertiary/aromatic N) is 2. The van der Waals surface area contributed by atoms with Gasteiger partial charge in [-0.1, -0.05) is 19.8 Å². The van der Waals surface area contributed by atoms with E-state index in [2.05, 4.69) is 12.2 Å². The molecule has 2 fully saturated rings. The van der Waals surface area contributed by atoms with Gasteiger partial charge < -0.3 is 20.1 Å². The molecule has 1 saturated heterocycles. The molecule has 0 bridgehead atoms. The molecule has 132 valence electrons. The van der Waals surface area contributed by atoms with Crippen molar-refractivity contribution in [3.63, 3.8) is 0 Å². The molecule has 1 saturated carbocycles. The monoisotopic (exact) mass is 327 g/mol. The number of amides is 2. The first-order chi connectivity index (χ1) is 10.9. The highest BCUT2D eigenvalue weighted by atomic mass is 16.5. The predicted octanol–water partition coefficient (Wildman–Crippen LogP) is 0.992. The molecule has 7 nitrogen and oxygen atoms in total. The molecule has 3 atom stereocenters. The highest BCUT2D eigenvalue weighted by Crippen LogP contribution is 2.23. The molecular formula is C16H29N3O4. The number of carboxylic acid groups (broad SMARTS) is 1. The van der Waals surface area contributed by atoms with Crippen LogP contribution in [0.1, 0.15) is 32.6 Å². The van der Waals surface area contributed by atoms with Crippen LogP contribution in [0.5, 0.6) is 0 Å². The Morgan fingerprint density at radius 1 is 1.39 bits per heavy atom. The summed E-state index contributed by atoms with van der Waals surface area (Å²) in [6.07, 6.45) is 4.41. The van der Waals surface area contributed by atoms with Crippen molar-refractivity contribution in [3.8, 4) is 0 Å². The Kier molecular flexibility index (Phi) is 6.65. The number of hydrogen-bond acceptors (Lipinski definition) is 4. The Morgan fingerprint density at radius 2 is 2.17 bits per heavy atom. The number of urea groups is 1. The summed E-state index contributed by atoms with van der Waals surface area (Å²) >= 11 is 0. The van der Waals surface area contributed by atoms with Crippen molar-refractivity contribution in [2.24, 2.45) is 5.92 Å². The van der Waals surface area contributed by atoms with Gasteiger partial charge in [0.15, 0.2) is 0 Å². The molecule has 2 aliphatic rings. The highest BCUT2D eigenvalue weighted by molar-refractivity contribution is 5.74. The second-order valence-corrected chi connectivity index (χ2v) is 6.95. The van der Waals surface area contributed by atoms with Crippen molar-refractivity contribution in [1.29, 1.82) is 0 Å². The highest BCUT2D eigenvalue weighted by Gasteiger charge is 2.28. The number of nitrogens with one attached hydrogen (secondary N) is 1. The minimum absolute atomic E-state index is 0.0155. The van der Waals surface area contributed by atoms with Gasteiger partial charge in [-0.05, 0) is 25.8 Å². The Hall–Kier alpha value is -1.34. The fourth-order valence-electron chi connectivity index (χ4n) is 3.49. The number of carboxylic acids is 1. The smallest absolute Gasteiger partial charge is 0.317 e. The van der Waals surface area contributed by atoms with Crippen LogP contribution in [0, 0.1) is 5.92 Å². The van der Waals surface area contributed by atoms with Crippen LogP contribution in [0.4, 0.5) is 4.79 Å². The molecule has 2 N–H and O–H groups in total. The van der Waals surface area contributed by atoms with Crippen molar-refractivity contribution in [1.82, 2.24) is 15.1 Å². The van der Waals surface area contributed by atoms with Gasteiger partial charge in [-0.25, -0.2) is 4.79 Å². The topological polar surface area (TPSA) is 82.1 Å². The average Bonchev–Trinajstić information content (AvgIpc) is 2.46. The van der Waals surface area contributed by atoms with E-state index in [1.54, 1.807) is 16.8 Å². The van der Waals surface area contributed by atoms with Gasteiger partial charge in [-0.3, -0.25) is 9.69 Å². The lowest BCUT2D eigenvalue weighted by Gasteiger charge is -2.36. The van der Waals surface area contributed by atoms with Crippen LogP contribution in [0.25, 0.3) is 0 Å². The largest absolute Gasteiger partial charge is 0.480 e. The van der Waals surface area contributed by atoms with Gasteiger partial charge in [-0.15, -0.1) is 0 Å². The van der Waals surface area contributed by atoms with Crippen LogP contribution in [0.2, 0.25) is 0 Å². The summed E-state index contributed by atoms with van der Waals surface area (Å²) in [6.45, 7) is 4.33. The Morgan fingerprint density at radius 3 is 2.87 bits per heavy atom. The first-order valence-corrected chi connectivity index (χ1v) is 8.51. The Labute approximate surface area is 138 Å². The maximum Gasteiger partial charge on any atom is 0.317 e. The molecule has 1 heterocycles. The van der Waals surface area contributed by atoms with Crippen molar-refractivity contribution < 1.29 is 19.4 Å². The van der Waals surface area contributed by atoms with E-state index in [1.165, 1.54) is 12.8 Å². The van der Waals surface area contributed by atoms with Crippen LogP contribution >= 0.6 is 0 Å². The van der Waals surface area contributed by atoms with Gasteiger partial charge >= 0.3 is 12.0 Å². The van der Waals surface area contributed by atoms with E-state index < -0.39 is 5.97 Å². The molecule has 0 aromatic heterocycles. The van der Waals surface area contributed by atoms with E-state index in [0.717, 1.165) is 12.8 Å². The molecule has 7 heteroatoms. The molecule has 2 rings (SSSR count). The molecule has 0 spiro atoms. The lowest BCUT2D eigenvalue weighted by atomic mass is 9.87. The molecule has 2 amide bonds. The summed E-state index contributed by atoms with van der Waals surface area (Å²) < 4.78 is 5.66. The van der Waals surface area contributed by atoms with Crippen LogP contribution in [-0.4, -0.2) is 78.9 Å². The van der Waals surface area contributed by atoms with Crippen molar-refractivity contribution in [2.45, 2.75) is 44.8 Å². The molecule has 1 aliphatic heterocycles. The van der Waals surface area contributed by atoms with E-state index in [1.807, 2.05) is 0 Å². The van der Waals surface area contributed by atoms with Gasteiger partial charge in [-0.2, -0.15) is 0 Å². The third kappa shape index (κ3) is 5.99. The van der Waals surface area contributed by atoms with Gasteiger partial charge in [0, 0.05) is 25.7 Å². The first kappa shape index (κ1) is 18.0. The van der Waals surface area contributed by atoms with Crippen molar-refractivity contribution in [2.75, 3.05) is 39.8 Å². The lowest BCUT2D eigenvalue weighted by molar-refractivity contribution is -0.138. The van der Waals surface area contributed by atoms with E-state index in [4.69, 9.17) is 9.84 Å². The number of ether oxygens (including phenoxy) is 1. The third-order valence-electron chi connectivity index (χ3n) is 4.61. The summed E-state index contributed by atoms with van der Waals surface area (Å²) in [5, 5.41) is 11.9. The van der Waals surface area contributed by atoms with Crippen LogP contribution in [0.3, 0.4) is 0 Å². The number of likely N-dealkylation sites (N-methyl/N-ethyl adjacent to an activating group) is 1. The zero-order valence-corrected chi connectivity index (χ0v) is 14.2.